The number of ether oxygens (including phenoxy) is 3. The summed E-state index contributed by atoms with van der Waals surface area (Å²) in [6.45, 7) is 0. The molecular formula is C23H19NO5. The highest BCUT2D eigenvalue weighted by molar-refractivity contribution is 5.90. The maximum atomic E-state index is 11.2. The molecule has 6 nitrogen and oxygen atoms in total. The number of methoxy groups -OCH3 is 2. The molecule has 0 amide bonds. The van der Waals surface area contributed by atoms with E-state index < -0.39 is 10.7 Å². The number of para-hydroxylation sites is 1. The largest absolute Gasteiger partial charge is 0.496 e. The second-order valence-electron chi connectivity index (χ2n) is 6.53. The first-order valence-corrected chi connectivity index (χ1v) is 9.03. The van der Waals surface area contributed by atoms with Crippen LogP contribution < -0.4 is 9.47 Å². The molecule has 1 unspecified atom stereocenters. The molecule has 0 fully saturated rings. The first kappa shape index (κ1) is 18.7. The van der Waals surface area contributed by atoms with E-state index in [2.05, 4.69) is 0 Å². The summed E-state index contributed by atoms with van der Waals surface area (Å²) in [5.74, 6) is -0.179. The Kier molecular flexibility index (Phi) is 4.78. The third-order valence-electron chi connectivity index (χ3n) is 4.95. The predicted molar refractivity (Wildman–Crippen MR) is 110 cm³/mol. The molecule has 3 aromatic carbocycles. The summed E-state index contributed by atoms with van der Waals surface area (Å²) >= 11 is 0. The van der Waals surface area contributed by atoms with Gasteiger partial charge in [0.05, 0.1) is 17.6 Å². The van der Waals surface area contributed by atoms with Crippen molar-refractivity contribution in [2.45, 2.75) is 5.79 Å². The molecule has 1 atom stereocenters. The third kappa shape index (κ3) is 3.13. The Morgan fingerprint density at radius 1 is 0.966 bits per heavy atom. The van der Waals surface area contributed by atoms with E-state index in [1.54, 1.807) is 20.3 Å². The van der Waals surface area contributed by atoms with E-state index in [1.807, 2.05) is 60.7 Å². The van der Waals surface area contributed by atoms with Crippen LogP contribution in [0.3, 0.4) is 0 Å². The van der Waals surface area contributed by atoms with E-state index >= 15 is 0 Å². The maximum Gasteiger partial charge on any atom is 0.270 e. The van der Waals surface area contributed by atoms with Gasteiger partial charge in [-0.25, -0.2) is 0 Å². The number of nitro groups is 1. The van der Waals surface area contributed by atoms with Crippen LogP contribution in [0.5, 0.6) is 11.5 Å². The summed E-state index contributed by atoms with van der Waals surface area (Å²) in [4.78, 5) is 10.8. The lowest BCUT2D eigenvalue weighted by atomic mass is 9.87. The number of nitro benzene ring substituents is 1. The minimum atomic E-state index is -1.28. The monoisotopic (exact) mass is 389 g/mol. The molecule has 29 heavy (non-hydrogen) atoms. The molecule has 0 saturated carbocycles. The zero-order valence-corrected chi connectivity index (χ0v) is 16.0. The molecule has 0 aliphatic carbocycles. The summed E-state index contributed by atoms with van der Waals surface area (Å²) in [7, 11) is 3.16. The van der Waals surface area contributed by atoms with Crippen LogP contribution in [0.1, 0.15) is 16.7 Å². The van der Waals surface area contributed by atoms with Crippen molar-refractivity contribution in [2.75, 3.05) is 14.2 Å². The third-order valence-corrected chi connectivity index (χ3v) is 4.95. The molecule has 0 N–H and O–H groups in total. The first-order chi connectivity index (χ1) is 14.1. The Bertz CT molecular complexity index is 1090. The molecule has 0 radical (unpaired) electrons. The molecule has 6 heteroatoms. The van der Waals surface area contributed by atoms with Crippen LogP contribution in [0, 0.1) is 10.1 Å². The van der Waals surface area contributed by atoms with Crippen LogP contribution in [0.2, 0.25) is 0 Å². The standard InChI is InChI=1S/C23H19NO5/c1-27-22-11-7-6-10-19(22)23(28-2)20(16-8-4-3-5-9-16)15-17-14-18(24(25)26)12-13-21(17)29-23/h3-15H,1-2H3. The smallest absolute Gasteiger partial charge is 0.270 e. The maximum absolute atomic E-state index is 11.2. The van der Waals surface area contributed by atoms with Crippen molar-refractivity contribution < 1.29 is 19.1 Å². The van der Waals surface area contributed by atoms with Gasteiger partial charge >= 0.3 is 0 Å². The molecule has 146 valence electrons. The Balaban J connectivity index is 2.00. The molecule has 0 bridgehead atoms. The molecule has 0 spiro atoms. The van der Waals surface area contributed by atoms with E-state index in [-0.39, 0.29) is 5.69 Å². The first-order valence-electron chi connectivity index (χ1n) is 9.03. The van der Waals surface area contributed by atoms with Gasteiger partial charge in [0.2, 0.25) is 0 Å². The molecule has 0 saturated heterocycles. The van der Waals surface area contributed by atoms with E-state index in [0.717, 1.165) is 11.1 Å². The van der Waals surface area contributed by atoms with Gasteiger partial charge in [0, 0.05) is 30.4 Å². The summed E-state index contributed by atoms with van der Waals surface area (Å²) in [6.07, 6.45) is 1.87. The molecule has 1 heterocycles. The number of non-ortho nitro benzene ring substituents is 1. The van der Waals surface area contributed by atoms with Crippen LogP contribution >= 0.6 is 0 Å². The van der Waals surface area contributed by atoms with Gasteiger partial charge in [0.25, 0.3) is 11.5 Å². The van der Waals surface area contributed by atoms with Gasteiger partial charge in [-0.05, 0) is 29.8 Å². The Morgan fingerprint density at radius 3 is 2.38 bits per heavy atom. The van der Waals surface area contributed by atoms with E-state index in [4.69, 9.17) is 14.2 Å². The Hall–Kier alpha value is -3.64. The minimum absolute atomic E-state index is 0.00165. The van der Waals surface area contributed by atoms with Crippen molar-refractivity contribution in [1.82, 2.24) is 0 Å². The highest BCUT2D eigenvalue weighted by atomic mass is 16.7. The van der Waals surface area contributed by atoms with Crippen LogP contribution in [0.15, 0.2) is 72.8 Å². The Morgan fingerprint density at radius 2 is 1.69 bits per heavy atom. The van der Waals surface area contributed by atoms with Crippen molar-refractivity contribution >= 4 is 17.3 Å². The summed E-state index contributed by atoms with van der Waals surface area (Å²) in [5.41, 5.74) is 2.90. The van der Waals surface area contributed by atoms with E-state index in [0.29, 0.717) is 22.6 Å². The van der Waals surface area contributed by atoms with Gasteiger partial charge in [-0.15, -0.1) is 0 Å². The van der Waals surface area contributed by atoms with Gasteiger partial charge < -0.3 is 14.2 Å². The second kappa shape index (κ2) is 7.41. The normalized spacial score (nSPS) is 17.7. The SMILES string of the molecule is COc1ccccc1C1(OC)Oc2ccc([N+](=O)[O-])cc2C=C1c1ccccc1. The fraction of sp³-hybridized carbons (Fsp3) is 0.130. The van der Waals surface area contributed by atoms with Gasteiger partial charge in [-0.3, -0.25) is 10.1 Å². The van der Waals surface area contributed by atoms with Crippen molar-refractivity contribution in [2.24, 2.45) is 0 Å². The van der Waals surface area contributed by atoms with Crippen LogP contribution in [0.4, 0.5) is 5.69 Å². The van der Waals surface area contributed by atoms with Crippen molar-refractivity contribution in [3.05, 3.63) is 99.6 Å². The average Bonchev–Trinajstić information content (AvgIpc) is 2.78. The van der Waals surface area contributed by atoms with Gasteiger partial charge in [0.1, 0.15) is 11.5 Å². The van der Waals surface area contributed by atoms with Crippen LogP contribution in [0.25, 0.3) is 11.6 Å². The highest BCUT2D eigenvalue weighted by Crippen LogP contribution is 2.49. The van der Waals surface area contributed by atoms with E-state index in [1.165, 1.54) is 12.1 Å². The number of nitrogens with zero attached hydrogens (tertiary/aromatic N) is 1. The highest BCUT2D eigenvalue weighted by Gasteiger charge is 2.45. The molecule has 1 aliphatic heterocycles. The summed E-state index contributed by atoms with van der Waals surface area (Å²) < 4.78 is 18.0. The topological polar surface area (TPSA) is 70.8 Å². The number of fused-ring (bicyclic) bond motifs is 1. The Labute approximate surface area is 168 Å². The lowest BCUT2D eigenvalue weighted by Crippen LogP contribution is -2.39. The molecule has 4 rings (SSSR count). The second-order valence-corrected chi connectivity index (χ2v) is 6.53. The number of hydrogen-bond donors (Lipinski definition) is 0. The fourth-order valence-corrected chi connectivity index (χ4v) is 3.58. The molecule has 0 aromatic heterocycles. The zero-order chi connectivity index (χ0) is 20.4. The van der Waals surface area contributed by atoms with Crippen LogP contribution in [-0.4, -0.2) is 19.1 Å². The van der Waals surface area contributed by atoms with Gasteiger partial charge in [-0.2, -0.15) is 0 Å². The fourth-order valence-electron chi connectivity index (χ4n) is 3.58. The number of rotatable bonds is 5. The molecule has 1 aliphatic rings. The number of hydrogen-bond acceptors (Lipinski definition) is 5. The predicted octanol–water partition coefficient (Wildman–Crippen LogP) is 5.04. The zero-order valence-electron chi connectivity index (χ0n) is 16.0. The lowest BCUT2D eigenvalue weighted by Gasteiger charge is -2.39. The molecular weight excluding hydrogens is 370 g/mol. The summed E-state index contributed by atoms with van der Waals surface area (Å²) in [6, 6.07) is 21.6. The van der Waals surface area contributed by atoms with Crippen molar-refractivity contribution in [3.8, 4) is 11.5 Å². The average molecular weight is 389 g/mol. The van der Waals surface area contributed by atoms with Crippen LogP contribution in [-0.2, 0) is 10.5 Å². The lowest BCUT2D eigenvalue weighted by molar-refractivity contribution is -0.384. The molecule has 3 aromatic rings. The van der Waals surface area contributed by atoms with Crippen molar-refractivity contribution in [3.63, 3.8) is 0 Å². The minimum Gasteiger partial charge on any atom is -0.496 e. The van der Waals surface area contributed by atoms with Crippen molar-refractivity contribution in [1.29, 1.82) is 0 Å². The summed E-state index contributed by atoms with van der Waals surface area (Å²) in [5, 5.41) is 11.2. The van der Waals surface area contributed by atoms with Gasteiger partial charge in [0.15, 0.2) is 0 Å². The number of benzene rings is 3. The quantitative estimate of drug-likeness (QED) is 0.452. The van der Waals surface area contributed by atoms with Gasteiger partial charge in [-0.1, -0.05) is 42.5 Å². The van der Waals surface area contributed by atoms with E-state index in [9.17, 15) is 10.1 Å².